The minimum Gasteiger partial charge on any atom is -0.391 e. The maximum absolute atomic E-state index is 10.0. The van der Waals surface area contributed by atoms with Crippen LogP contribution in [0.3, 0.4) is 0 Å². The van der Waals surface area contributed by atoms with Crippen molar-refractivity contribution in [2.24, 2.45) is 5.92 Å². The predicted molar refractivity (Wildman–Crippen MR) is 80.4 cm³/mol. The Kier molecular flexibility index (Phi) is 4.16. The number of hydrogen-bond donors (Lipinski definition) is 1. The van der Waals surface area contributed by atoms with Gasteiger partial charge in [-0.15, -0.1) is 0 Å². The van der Waals surface area contributed by atoms with Crippen molar-refractivity contribution in [1.29, 1.82) is 0 Å². The van der Waals surface area contributed by atoms with Crippen LogP contribution >= 0.6 is 15.9 Å². The van der Waals surface area contributed by atoms with E-state index >= 15 is 0 Å². The minimum atomic E-state index is -0.277. The monoisotopic (exact) mass is 327 g/mol. The summed E-state index contributed by atoms with van der Waals surface area (Å²) in [6.45, 7) is 9.99. The minimum absolute atomic E-state index is 0.0831. The number of nitrogens with zero attached hydrogens (tertiary/aromatic N) is 3. The van der Waals surface area contributed by atoms with Gasteiger partial charge in [-0.05, 0) is 28.3 Å². The second-order valence-corrected chi connectivity index (χ2v) is 7.21. The van der Waals surface area contributed by atoms with Crippen LogP contribution in [-0.4, -0.2) is 34.3 Å². The topological polar surface area (TPSA) is 49.2 Å². The van der Waals surface area contributed by atoms with Crippen molar-refractivity contribution < 1.29 is 5.11 Å². The molecule has 106 valence electrons. The van der Waals surface area contributed by atoms with E-state index in [1.165, 1.54) is 0 Å². The molecular formula is C14H22BrN3O. The van der Waals surface area contributed by atoms with Crippen molar-refractivity contribution in [2.75, 3.05) is 18.0 Å². The highest BCUT2D eigenvalue weighted by Crippen LogP contribution is 2.27. The molecule has 1 aromatic heterocycles. The van der Waals surface area contributed by atoms with Crippen molar-refractivity contribution in [2.45, 2.75) is 45.6 Å². The number of rotatable bonds is 1. The maximum Gasteiger partial charge on any atom is 0.137 e. The molecule has 4 nitrogen and oxygen atoms in total. The highest BCUT2D eigenvalue weighted by molar-refractivity contribution is 9.10. The summed E-state index contributed by atoms with van der Waals surface area (Å²) in [4.78, 5) is 11.3. The zero-order valence-corrected chi connectivity index (χ0v) is 13.6. The van der Waals surface area contributed by atoms with E-state index in [9.17, 15) is 5.11 Å². The molecule has 5 heteroatoms. The molecule has 0 aromatic carbocycles. The number of hydrogen-bond acceptors (Lipinski definition) is 4. The molecule has 1 fully saturated rings. The number of aromatic nitrogens is 2. The Morgan fingerprint density at radius 3 is 2.63 bits per heavy atom. The van der Waals surface area contributed by atoms with Crippen molar-refractivity contribution in [3.05, 3.63) is 16.5 Å². The quantitative estimate of drug-likeness (QED) is 0.806. The number of aliphatic hydroxyl groups is 1. The van der Waals surface area contributed by atoms with Crippen LogP contribution in [0.25, 0.3) is 0 Å². The molecule has 19 heavy (non-hydrogen) atoms. The number of anilines is 1. The number of halogens is 1. The van der Waals surface area contributed by atoms with E-state index in [2.05, 4.69) is 58.5 Å². The molecule has 1 aromatic rings. The summed E-state index contributed by atoms with van der Waals surface area (Å²) < 4.78 is 0.801. The molecule has 0 bridgehead atoms. The van der Waals surface area contributed by atoms with Crippen molar-refractivity contribution >= 4 is 21.7 Å². The molecule has 0 amide bonds. The Morgan fingerprint density at radius 1 is 1.37 bits per heavy atom. The maximum atomic E-state index is 10.0. The third-order valence-electron chi connectivity index (χ3n) is 3.59. The largest absolute Gasteiger partial charge is 0.391 e. The van der Waals surface area contributed by atoms with Gasteiger partial charge in [-0.2, -0.15) is 0 Å². The number of piperidine rings is 1. The van der Waals surface area contributed by atoms with Crippen LogP contribution in [0, 0.1) is 5.92 Å². The lowest BCUT2D eigenvalue weighted by Crippen LogP contribution is -2.43. The fraction of sp³-hybridized carbons (Fsp3) is 0.714. The van der Waals surface area contributed by atoms with E-state index in [-0.39, 0.29) is 11.5 Å². The standard InChI is InChI=1S/C14H22BrN3O/c1-9-5-6-18(8-10(9)19)12-7-11(15)16-13(17-12)14(2,3)4/h7,9-10,19H,5-6,8H2,1-4H3. The van der Waals surface area contributed by atoms with Gasteiger partial charge in [-0.3, -0.25) is 0 Å². The Morgan fingerprint density at radius 2 is 2.05 bits per heavy atom. The van der Waals surface area contributed by atoms with Gasteiger partial charge in [0, 0.05) is 24.6 Å². The van der Waals surface area contributed by atoms with E-state index in [4.69, 9.17) is 0 Å². The van der Waals surface area contributed by atoms with Crippen molar-refractivity contribution in [3.8, 4) is 0 Å². The average Bonchev–Trinajstić information content (AvgIpc) is 2.31. The molecule has 2 heterocycles. The number of β-amino-alcohol motifs (C(OH)–C–C–N with tert-alkyl or cyclic N) is 1. The molecule has 2 atom stereocenters. The zero-order valence-electron chi connectivity index (χ0n) is 12.0. The number of aliphatic hydroxyl groups excluding tert-OH is 1. The van der Waals surface area contributed by atoms with Gasteiger partial charge in [0.05, 0.1) is 6.10 Å². The average molecular weight is 328 g/mol. The molecule has 0 spiro atoms. The molecule has 1 aliphatic heterocycles. The van der Waals surface area contributed by atoms with Gasteiger partial charge in [-0.25, -0.2) is 9.97 Å². The third kappa shape index (κ3) is 3.45. The lowest BCUT2D eigenvalue weighted by atomic mass is 9.95. The Bertz CT molecular complexity index is 458. The highest BCUT2D eigenvalue weighted by atomic mass is 79.9. The first-order valence-electron chi connectivity index (χ1n) is 6.75. The van der Waals surface area contributed by atoms with E-state index < -0.39 is 0 Å². The highest BCUT2D eigenvalue weighted by Gasteiger charge is 2.26. The molecular weight excluding hydrogens is 306 g/mol. The van der Waals surface area contributed by atoms with E-state index in [1.807, 2.05) is 6.07 Å². The molecule has 1 aliphatic rings. The first-order chi connectivity index (χ1) is 8.77. The van der Waals surface area contributed by atoms with Gasteiger partial charge in [-0.1, -0.05) is 27.7 Å². The summed E-state index contributed by atoms with van der Waals surface area (Å²) in [5.41, 5.74) is -0.0831. The van der Waals surface area contributed by atoms with Gasteiger partial charge in [0.1, 0.15) is 16.2 Å². The van der Waals surface area contributed by atoms with Gasteiger partial charge in [0.25, 0.3) is 0 Å². The lowest BCUT2D eigenvalue weighted by molar-refractivity contribution is 0.102. The van der Waals surface area contributed by atoms with Crippen LogP contribution in [0.15, 0.2) is 10.7 Å². The SMILES string of the molecule is CC1CCN(c2cc(Br)nc(C(C)(C)C)n2)CC1O. The van der Waals surface area contributed by atoms with Gasteiger partial charge in [0.2, 0.25) is 0 Å². The molecule has 0 saturated carbocycles. The third-order valence-corrected chi connectivity index (χ3v) is 4.00. The van der Waals surface area contributed by atoms with Gasteiger partial charge < -0.3 is 10.0 Å². The first-order valence-corrected chi connectivity index (χ1v) is 7.55. The second kappa shape index (κ2) is 5.37. The summed E-state index contributed by atoms with van der Waals surface area (Å²) >= 11 is 3.46. The van der Waals surface area contributed by atoms with E-state index in [0.29, 0.717) is 12.5 Å². The van der Waals surface area contributed by atoms with E-state index in [1.54, 1.807) is 0 Å². The Hall–Kier alpha value is -0.680. The van der Waals surface area contributed by atoms with Crippen LogP contribution in [-0.2, 0) is 5.41 Å². The molecule has 2 unspecified atom stereocenters. The summed E-state index contributed by atoms with van der Waals surface area (Å²) in [6.07, 6.45) is 0.716. The summed E-state index contributed by atoms with van der Waals surface area (Å²) in [6, 6.07) is 1.93. The van der Waals surface area contributed by atoms with Crippen LogP contribution in [0.4, 0.5) is 5.82 Å². The van der Waals surface area contributed by atoms with Crippen LogP contribution in [0.2, 0.25) is 0 Å². The van der Waals surface area contributed by atoms with Crippen molar-refractivity contribution in [3.63, 3.8) is 0 Å². The lowest BCUT2D eigenvalue weighted by Gasteiger charge is -2.35. The fourth-order valence-corrected chi connectivity index (χ4v) is 2.53. The first kappa shape index (κ1) is 14.7. The molecule has 0 radical (unpaired) electrons. The molecule has 1 N–H and O–H groups in total. The van der Waals surface area contributed by atoms with Crippen LogP contribution < -0.4 is 4.90 Å². The van der Waals surface area contributed by atoms with Crippen molar-refractivity contribution in [1.82, 2.24) is 9.97 Å². The van der Waals surface area contributed by atoms with Gasteiger partial charge >= 0.3 is 0 Å². The molecule has 0 aliphatic carbocycles. The summed E-state index contributed by atoms with van der Waals surface area (Å²) in [5.74, 6) is 2.09. The van der Waals surface area contributed by atoms with Gasteiger partial charge in [0.15, 0.2) is 0 Å². The van der Waals surface area contributed by atoms with E-state index in [0.717, 1.165) is 29.2 Å². The molecule has 2 rings (SSSR count). The normalized spacial score (nSPS) is 24.6. The van der Waals surface area contributed by atoms with Crippen LogP contribution in [0.1, 0.15) is 39.9 Å². The second-order valence-electron chi connectivity index (χ2n) is 6.40. The van der Waals surface area contributed by atoms with Crippen LogP contribution in [0.5, 0.6) is 0 Å². The smallest absolute Gasteiger partial charge is 0.137 e. The Balaban J connectivity index is 2.28. The summed E-state index contributed by atoms with van der Waals surface area (Å²) in [5, 5.41) is 10.0. The fourth-order valence-electron chi connectivity index (χ4n) is 2.16. The predicted octanol–water partition coefficient (Wildman–Crippen LogP) is 2.74. The molecule has 1 saturated heterocycles. The Labute approximate surface area is 123 Å². The zero-order chi connectivity index (χ0) is 14.2. The summed E-state index contributed by atoms with van der Waals surface area (Å²) in [7, 11) is 0.